The first-order chi connectivity index (χ1) is 12.5. The van der Waals surface area contributed by atoms with E-state index >= 15 is 0 Å². The molecule has 0 saturated heterocycles. The van der Waals surface area contributed by atoms with E-state index in [1.807, 2.05) is 18.2 Å². The number of carbonyl (C=O) groups excluding carboxylic acids is 1. The number of nitrogens with zero attached hydrogens (tertiary/aromatic N) is 1. The van der Waals surface area contributed by atoms with Gasteiger partial charge in [-0.15, -0.1) is 0 Å². The van der Waals surface area contributed by atoms with Crippen LogP contribution in [0.3, 0.4) is 0 Å². The third kappa shape index (κ3) is 3.39. The molecule has 2 N–H and O–H groups in total. The number of benzene rings is 2. The minimum Gasteiger partial charge on any atom is -0.480 e. The normalized spacial score (nSPS) is 13.3. The molecule has 0 radical (unpaired) electrons. The summed E-state index contributed by atoms with van der Waals surface area (Å²) in [6.45, 7) is 1.68. The van der Waals surface area contributed by atoms with E-state index in [2.05, 4.69) is 5.32 Å². The number of carbonyl (C=O) groups is 2. The largest absolute Gasteiger partial charge is 0.480 e. The Hall–Kier alpha value is -2.93. The van der Waals surface area contributed by atoms with Crippen molar-refractivity contribution in [1.29, 1.82) is 0 Å². The average Bonchev–Trinajstić information content (AvgIpc) is 2.97. The Bertz CT molecular complexity index is 993. The fourth-order valence-electron chi connectivity index (χ4n) is 2.78. The molecule has 7 heteroatoms. The summed E-state index contributed by atoms with van der Waals surface area (Å²) in [5.41, 5.74) is 0.358. The molecule has 0 bridgehead atoms. The summed E-state index contributed by atoms with van der Waals surface area (Å²) < 4.78 is 2.18. The zero-order valence-electron chi connectivity index (χ0n) is 14.1. The SMILES string of the molecule is CCC(NC(=O)C(c1ccccc1)n1sc2ccccc2c1=O)C(=O)O. The fraction of sp³-hybridized carbons (Fsp3) is 0.211. The van der Waals surface area contributed by atoms with Gasteiger partial charge in [0.15, 0.2) is 6.04 Å². The van der Waals surface area contributed by atoms with Gasteiger partial charge in [0.25, 0.3) is 5.56 Å². The number of hydrogen-bond acceptors (Lipinski definition) is 4. The summed E-state index contributed by atoms with van der Waals surface area (Å²) in [4.78, 5) is 37.0. The van der Waals surface area contributed by atoms with Crippen LogP contribution in [0.5, 0.6) is 0 Å². The zero-order chi connectivity index (χ0) is 18.7. The van der Waals surface area contributed by atoms with Gasteiger partial charge in [-0.3, -0.25) is 9.59 Å². The van der Waals surface area contributed by atoms with Crippen molar-refractivity contribution in [2.24, 2.45) is 0 Å². The number of nitrogens with one attached hydrogen (secondary N) is 1. The summed E-state index contributed by atoms with van der Waals surface area (Å²) in [5, 5.41) is 12.3. The molecule has 0 aliphatic heterocycles. The number of carboxylic acid groups (broad SMARTS) is 1. The Kier molecular flexibility index (Phi) is 5.18. The average molecular weight is 370 g/mol. The maximum absolute atomic E-state index is 12.9. The molecule has 1 aromatic heterocycles. The maximum Gasteiger partial charge on any atom is 0.326 e. The van der Waals surface area contributed by atoms with Crippen LogP contribution in [0.1, 0.15) is 24.9 Å². The molecule has 0 aliphatic rings. The second kappa shape index (κ2) is 7.53. The molecule has 2 unspecified atom stereocenters. The van der Waals surface area contributed by atoms with E-state index in [1.165, 1.54) is 15.5 Å². The lowest BCUT2D eigenvalue weighted by Crippen LogP contribution is -2.45. The minimum atomic E-state index is -1.10. The molecule has 0 saturated carbocycles. The van der Waals surface area contributed by atoms with Crippen LogP contribution in [-0.2, 0) is 9.59 Å². The van der Waals surface area contributed by atoms with Crippen LogP contribution in [0.4, 0.5) is 0 Å². The molecule has 2 atom stereocenters. The molecule has 0 fully saturated rings. The second-order valence-corrected chi connectivity index (χ2v) is 6.86. The lowest BCUT2D eigenvalue weighted by molar-refractivity contribution is -0.142. The van der Waals surface area contributed by atoms with Gasteiger partial charge in [-0.25, -0.2) is 8.75 Å². The van der Waals surface area contributed by atoms with Crippen molar-refractivity contribution in [2.45, 2.75) is 25.4 Å². The summed E-state index contributed by atoms with van der Waals surface area (Å²) in [6.07, 6.45) is 0.254. The van der Waals surface area contributed by atoms with E-state index in [4.69, 9.17) is 0 Å². The Morgan fingerprint density at radius 2 is 1.77 bits per heavy atom. The monoisotopic (exact) mass is 370 g/mol. The first kappa shape index (κ1) is 17.9. The maximum atomic E-state index is 12.9. The summed E-state index contributed by atoms with van der Waals surface area (Å²) >= 11 is 1.19. The molecule has 26 heavy (non-hydrogen) atoms. The van der Waals surface area contributed by atoms with Gasteiger partial charge in [0.2, 0.25) is 5.91 Å². The lowest BCUT2D eigenvalue weighted by Gasteiger charge is -2.20. The quantitative estimate of drug-likeness (QED) is 0.698. The number of fused-ring (bicyclic) bond motifs is 1. The minimum absolute atomic E-state index is 0.254. The third-order valence-electron chi connectivity index (χ3n) is 4.14. The first-order valence-electron chi connectivity index (χ1n) is 8.21. The number of rotatable bonds is 6. The second-order valence-electron chi connectivity index (χ2n) is 5.84. The highest BCUT2D eigenvalue weighted by Crippen LogP contribution is 2.24. The number of amides is 1. The van der Waals surface area contributed by atoms with Crippen LogP contribution in [-0.4, -0.2) is 27.0 Å². The third-order valence-corrected chi connectivity index (χ3v) is 5.26. The lowest BCUT2D eigenvalue weighted by atomic mass is 10.1. The molecule has 0 aliphatic carbocycles. The molecule has 1 heterocycles. The zero-order valence-corrected chi connectivity index (χ0v) is 14.9. The summed E-state index contributed by atoms with van der Waals surface area (Å²) in [6, 6.07) is 14.1. The first-order valence-corrected chi connectivity index (χ1v) is 8.99. The van der Waals surface area contributed by atoms with Crippen LogP contribution in [0.25, 0.3) is 10.1 Å². The number of carboxylic acids is 1. The molecule has 134 valence electrons. The molecular formula is C19H18N2O4S. The van der Waals surface area contributed by atoms with Crippen molar-refractivity contribution in [2.75, 3.05) is 0 Å². The van der Waals surface area contributed by atoms with E-state index in [1.54, 1.807) is 43.3 Å². The van der Waals surface area contributed by atoms with Crippen LogP contribution < -0.4 is 10.9 Å². The van der Waals surface area contributed by atoms with E-state index in [-0.39, 0.29) is 12.0 Å². The predicted molar refractivity (Wildman–Crippen MR) is 101 cm³/mol. The Labute approximate surface area is 153 Å². The van der Waals surface area contributed by atoms with E-state index in [0.29, 0.717) is 10.9 Å². The van der Waals surface area contributed by atoms with Crippen molar-refractivity contribution in [3.63, 3.8) is 0 Å². The molecule has 1 amide bonds. The van der Waals surface area contributed by atoms with E-state index < -0.39 is 24.0 Å². The van der Waals surface area contributed by atoms with E-state index in [9.17, 15) is 19.5 Å². The molecule has 0 spiro atoms. The van der Waals surface area contributed by atoms with Crippen molar-refractivity contribution in [3.8, 4) is 0 Å². The van der Waals surface area contributed by atoms with Gasteiger partial charge in [-0.1, -0.05) is 60.9 Å². The number of aromatic nitrogens is 1. The van der Waals surface area contributed by atoms with Gasteiger partial charge in [0.05, 0.1) is 10.1 Å². The van der Waals surface area contributed by atoms with Gasteiger partial charge < -0.3 is 10.4 Å². The Balaban J connectivity index is 2.09. The highest BCUT2D eigenvalue weighted by atomic mass is 32.1. The molecule has 6 nitrogen and oxygen atoms in total. The smallest absolute Gasteiger partial charge is 0.326 e. The van der Waals surface area contributed by atoms with Crippen LogP contribution in [0.15, 0.2) is 59.4 Å². The van der Waals surface area contributed by atoms with Crippen molar-refractivity contribution >= 4 is 33.5 Å². The molecule has 3 aromatic rings. The summed E-state index contributed by atoms with van der Waals surface area (Å²) in [5.74, 6) is -1.62. The summed E-state index contributed by atoms with van der Waals surface area (Å²) in [7, 11) is 0. The van der Waals surface area contributed by atoms with Crippen LogP contribution in [0.2, 0.25) is 0 Å². The van der Waals surface area contributed by atoms with E-state index in [0.717, 1.165) is 4.70 Å². The van der Waals surface area contributed by atoms with Crippen molar-refractivity contribution < 1.29 is 14.7 Å². The standard InChI is InChI=1S/C19H18N2O4S/c1-2-14(19(24)25)20-17(22)16(12-8-4-3-5-9-12)21-18(23)13-10-6-7-11-15(13)26-21/h3-11,14,16H,2H2,1H3,(H,20,22)(H,24,25). The molecular weight excluding hydrogens is 352 g/mol. The topological polar surface area (TPSA) is 88.4 Å². The Morgan fingerprint density at radius 1 is 1.12 bits per heavy atom. The van der Waals surface area contributed by atoms with Crippen molar-refractivity contribution in [3.05, 3.63) is 70.5 Å². The van der Waals surface area contributed by atoms with Crippen LogP contribution >= 0.6 is 11.5 Å². The molecule has 3 rings (SSSR count). The van der Waals surface area contributed by atoms with Gasteiger partial charge in [-0.2, -0.15) is 0 Å². The van der Waals surface area contributed by atoms with Gasteiger partial charge in [-0.05, 0) is 24.1 Å². The fourth-order valence-corrected chi connectivity index (χ4v) is 3.89. The number of aliphatic carboxylic acids is 1. The van der Waals surface area contributed by atoms with Crippen molar-refractivity contribution in [1.82, 2.24) is 9.27 Å². The predicted octanol–water partition coefficient (Wildman–Crippen LogP) is 2.63. The van der Waals surface area contributed by atoms with Gasteiger partial charge in [0.1, 0.15) is 6.04 Å². The Morgan fingerprint density at radius 3 is 2.38 bits per heavy atom. The number of hydrogen-bond donors (Lipinski definition) is 2. The highest BCUT2D eigenvalue weighted by Gasteiger charge is 2.29. The highest BCUT2D eigenvalue weighted by molar-refractivity contribution is 7.14. The van der Waals surface area contributed by atoms with Gasteiger partial charge in [0, 0.05) is 0 Å². The van der Waals surface area contributed by atoms with Crippen LogP contribution in [0, 0.1) is 0 Å². The van der Waals surface area contributed by atoms with Gasteiger partial charge >= 0.3 is 5.97 Å². The molecule has 2 aromatic carbocycles.